The Labute approximate surface area is 73.8 Å². The van der Waals surface area contributed by atoms with Gasteiger partial charge in [0, 0.05) is 0 Å². The zero-order valence-corrected chi connectivity index (χ0v) is 8.24. The number of methoxy groups -OCH3 is 1. The first kappa shape index (κ1) is 11.3. The molecule has 0 N–H and O–H groups in total. The Morgan fingerprint density at radius 3 is 2.36 bits per heavy atom. The van der Waals surface area contributed by atoms with Crippen LogP contribution in [-0.4, -0.2) is 19.9 Å². The average molecular weight is 221 g/mol. The van der Waals surface area contributed by atoms with Crippen molar-refractivity contribution in [1.29, 1.82) is 0 Å². The third-order valence-electron chi connectivity index (χ3n) is 0.662. The predicted molar refractivity (Wildman–Crippen MR) is 41.7 cm³/mol. The second-order valence-corrected chi connectivity index (χ2v) is 4.78. The Hall–Kier alpha value is 0.290. The van der Waals surface area contributed by atoms with E-state index in [0.29, 0.717) is 0 Å². The molecule has 5 nitrogen and oxygen atoms in total. The first-order valence-electron chi connectivity index (χ1n) is 2.32. The minimum Gasteiger partial charge on any atom is -0.462 e. The molecule has 66 valence electrons. The lowest BCUT2D eigenvalue weighted by Gasteiger charge is -2.11. The maximum Gasteiger partial charge on any atom is 0.394 e. The fourth-order valence-corrected chi connectivity index (χ4v) is 1.48. The molecule has 0 saturated carbocycles. The van der Waals surface area contributed by atoms with E-state index in [2.05, 4.69) is 30.2 Å². The number of carbonyl (C=O) groups is 1. The zero-order chi connectivity index (χ0) is 8.91. The van der Waals surface area contributed by atoms with Crippen LogP contribution in [0.2, 0.25) is 0 Å². The highest BCUT2D eigenvalue weighted by atomic mass is 35.5. The molecule has 0 fully saturated rings. The lowest BCUT2D eigenvalue weighted by Crippen LogP contribution is -2.02. The summed E-state index contributed by atoms with van der Waals surface area (Å²) in [6, 6.07) is 0. The molecule has 0 heterocycles. The largest absolute Gasteiger partial charge is 0.462 e. The summed E-state index contributed by atoms with van der Waals surface area (Å²) in [7, 11) is 2.32. The van der Waals surface area contributed by atoms with Crippen molar-refractivity contribution in [1.82, 2.24) is 0 Å². The van der Waals surface area contributed by atoms with Crippen molar-refractivity contribution >= 4 is 35.9 Å². The van der Waals surface area contributed by atoms with Gasteiger partial charge in [0.05, 0.1) is 26.1 Å². The van der Waals surface area contributed by atoms with Gasteiger partial charge in [-0.25, -0.2) is 13.8 Å². The summed E-state index contributed by atoms with van der Waals surface area (Å²) < 4.78 is 12.7. The standard InChI is InChI=1S/C3H6ClO5PS/c1-6-3(5)10(11,8-4)9-7-2/h1-2H3. The molecular formula is C3H6ClO5PS. The quantitative estimate of drug-likeness (QED) is 0.409. The van der Waals surface area contributed by atoms with E-state index >= 15 is 0 Å². The van der Waals surface area contributed by atoms with Crippen LogP contribution >= 0.6 is 18.4 Å². The van der Waals surface area contributed by atoms with Crippen molar-refractivity contribution in [3.05, 3.63) is 0 Å². The van der Waals surface area contributed by atoms with E-state index in [0.717, 1.165) is 7.11 Å². The van der Waals surface area contributed by atoms with Gasteiger partial charge < -0.3 is 4.74 Å². The van der Waals surface area contributed by atoms with Gasteiger partial charge in [0.2, 0.25) is 0 Å². The molecule has 0 bridgehead atoms. The van der Waals surface area contributed by atoms with Gasteiger partial charge in [-0.1, -0.05) is 0 Å². The van der Waals surface area contributed by atoms with Gasteiger partial charge in [-0.3, -0.25) is 0 Å². The van der Waals surface area contributed by atoms with Gasteiger partial charge in [-0.15, -0.1) is 0 Å². The second kappa shape index (κ2) is 5.03. The Morgan fingerprint density at radius 2 is 2.09 bits per heavy atom. The number of hydrogen-bond donors (Lipinski definition) is 0. The Bertz CT molecular complexity index is 185. The molecule has 0 radical (unpaired) electrons. The molecule has 1 unspecified atom stereocenters. The van der Waals surface area contributed by atoms with Crippen LogP contribution in [0.5, 0.6) is 0 Å². The van der Waals surface area contributed by atoms with Gasteiger partial charge in [-0.2, -0.15) is 4.67 Å². The first-order chi connectivity index (χ1) is 5.10. The van der Waals surface area contributed by atoms with Gasteiger partial charge in [0.1, 0.15) is 0 Å². The Kier molecular flexibility index (Phi) is 5.16. The van der Waals surface area contributed by atoms with Crippen molar-refractivity contribution in [2.75, 3.05) is 14.2 Å². The van der Waals surface area contributed by atoms with E-state index in [1.54, 1.807) is 0 Å². The van der Waals surface area contributed by atoms with E-state index < -0.39 is 12.2 Å². The topological polar surface area (TPSA) is 54.0 Å². The van der Waals surface area contributed by atoms with Crippen molar-refractivity contribution < 1.29 is 23.2 Å². The summed E-state index contributed by atoms with van der Waals surface area (Å²) in [5.74, 6) is 0. The molecule has 0 aromatic rings. The third-order valence-corrected chi connectivity index (χ3v) is 3.50. The molecule has 1 atom stereocenters. The second-order valence-electron chi connectivity index (χ2n) is 1.28. The smallest absolute Gasteiger partial charge is 0.394 e. The molecule has 0 amide bonds. The highest BCUT2D eigenvalue weighted by Crippen LogP contribution is 2.51. The summed E-state index contributed by atoms with van der Waals surface area (Å²) in [6.07, 6.45) is 0. The number of halogens is 1. The van der Waals surface area contributed by atoms with Crippen LogP contribution in [0.1, 0.15) is 0 Å². The Morgan fingerprint density at radius 1 is 1.55 bits per heavy atom. The van der Waals surface area contributed by atoms with Crippen LogP contribution in [0, 0.1) is 0 Å². The summed E-state index contributed by atoms with van der Waals surface area (Å²) in [6.45, 7) is -3.28. The zero-order valence-electron chi connectivity index (χ0n) is 5.77. The molecule has 0 spiro atoms. The lowest BCUT2D eigenvalue weighted by molar-refractivity contribution is -0.175. The summed E-state index contributed by atoms with van der Waals surface area (Å²) >= 11 is 9.46. The number of hydrogen-bond acceptors (Lipinski definition) is 6. The van der Waals surface area contributed by atoms with E-state index in [9.17, 15) is 4.79 Å². The van der Waals surface area contributed by atoms with Crippen molar-refractivity contribution in [3.63, 3.8) is 0 Å². The van der Waals surface area contributed by atoms with Gasteiger partial charge >= 0.3 is 12.2 Å². The molecule has 0 aliphatic heterocycles. The molecular weight excluding hydrogens is 215 g/mol. The molecule has 11 heavy (non-hydrogen) atoms. The highest BCUT2D eigenvalue weighted by molar-refractivity contribution is 8.17. The van der Waals surface area contributed by atoms with Gasteiger partial charge in [0.15, 0.2) is 0 Å². The van der Waals surface area contributed by atoms with E-state index in [4.69, 9.17) is 11.9 Å². The van der Waals surface area contributed by atoms with E-state index in [1.807, 2.05) is 0 Å². The molecule has 0 rings (SSSR count). The van der Waals surface area contributed by atoms with Crippen LogP contribution in [0.25, 0.3) is 0 Å². The van der Waals surface area contributed by atoms with E-state index in [-0.39, 0.29) is 0 Å². The van der Waals surface area contributed by atoms with Crippen LogP contribution in [-0.2, 0) is 30.2 Å². The number of ether oxygens (including phenoxy) is 1. The molecule has 0 aliphatic carbocycles. The van der Waals surface area contributed by atoms with Crippen molar-refractivity contribution in [3.8, 4) is 0 Å². The van der Waals surface area contributed by atoms with Gasteiger partial charge in [-0.05, 0) is 11.8 Å². The summed E-state index contributed by atoms with van der Waals surface area (Å²) in [5, 5.41) is 0. The van der Waals surface area contributed by atoms with Crippen molar-refractivity contribution in [2.45, 2.75) is 0 Å². The highest BCUT2D eigenvalue weighted by Gasteiger charge is 2.32. The van der Waals surface area contributed by atoms with Crippen LogP contribution in [0.15, 0.2) is 0 Å². The summed E-state index contributed by atoms with van der Waals surface area (Å²) in [5.41, 5.74) is -0.857. The fourth-order valence-electron chi connectivity index (χ4n) is 0.280. The third kappa shape index (κ3) is 3.02. The normalized spacial score (nSPS) is 15.5. The van der Waals surface area contributed by atoms with Crippen LogP contribution < -0.4 is 0 Å². The van der Waals surface area contributed by atoms with Crippen molar-refractivity contribution in [2.24, 2.45) is 0 Å². The molecule has 0 aliphatic rings. The molecule has 0 saturated heterocycles. The maximum absolute atomic E-state index is 10.8. The number of carbonyl (C=O) groups excluding carboxylic acids is 1. The molecule has 8 heteroatoms. The number of rotatable bonds is 4. The minimum atomic E-state index is -3.28. The SMILES string of the molecule is COOP(=S)(OCl)C(=O)OC. The first-order valence-corrected chi connectivity index (χ1v) is 5.26. The lowest BCUT2D eigenvalue weighted by atomic mass is 11.5. The van der Waals surface area contributed by atoms with E-state index in [1.165, 1.54) is 7.11 Å². The minimum absolute atomic E-state index is 0.857. The van der Waals surface area contributed by atoms with Gasteiger partial charge in [0.25, 0.3) is 0 Å². The fraction of sp³-hybridized carbons (Fsp3) is 0.667. The summed E-state index contributed by atoms with van der Waals surface area (Å²) in [4.78, 5) is 14.9. The molecule has 0 aromatic heterocycles. The monoisotopic (exact) mass is 220 g/mol. The average Bonchev–Trinajstić information content (AvgIpc) is 2.03. The van der Waals surface area contributed by atoms with Crippen LogP contribution in [0.3, 0.4) is 0 Å². The van der Waals surface area contributed by atoms with Crippen LogP contribution in [0.4, 0.5) is 4.79 Å². The predicted octanol–water partition coefficient (Wildman–Crippen LogP) is 1.81. The Balaban J connectivity index is 4.33. The maximum atomic E-state index is 10.8. The molecule has 0 aromatic carbocycles.